The van der Waals surface area contributed by atoms with E-state index >= 15 is 0 Å². The summed E-state index contributed by atoms with van der Waals surface area (Å²) in [6.45, 7) is 4.27. The van der Waals surface area contributed by atoms with Crippen LogP contribution in [0.1, 0.15) is 60.1 Å². The third-order valence-electron chi connectivity index (χ3n) is 6.35. The number of hydrogen-bond acceptors (Lipinski definition) is 4. The highest BCUT2D eigenvalue weighted by molar-refractivity contribution is 5.94. The zero-order chi connectivity index (χ0) is 19.3. The molecule has 1 aliphatic carbocycles. The van der Waals surface area contributed by atoms with Crippen molar-refractivity contribution in [2.24, 2.45) is 5.92 Å². The highest BCUT2D eigenvalue weighted by atomic mass is 16.5. The maximum absolute atomic E-state index is 13.0. The highest BCUT2D eigenvalue weighted by Gasteiger charge is 2.26. The van der Waals surface area contributed by atoms with Crippen LogP contribution in [-0.2, 0) is 22.4 Å². The van der Waals surface area contributed by atoms with Gasteiger partial charge in [0.05, 0.1) is 18.8 Å². The van der Waals surface area contributed by atoms with Gasteiger partial charge in [-0.25, -0.2) is 0 Å². The second-order valence-electron chi connectivity index (χ2n) is 8.33. The highest BCUT2D eigenvalue weighted by Crippen LogP contribution is 2.25. The Hall–Kier alpha value is -1.95. The van der Waals surface area contributed by atoms with Crippen molar-refractivity contribution in [3.05, 3.63) is 29.1 Å². The second kappa shape index (κ2) is 9.03. The summed E-state index contributed by atoms with van der Waals surface area (Å²) in [5.74, 6) is 0.740. The van der Waals surface area contributed by atoms with E-state index in [1.54, 1.807) is 6.20 Å². The molecule has 6 heteroatoms. The topological polar surface area (TPSA) is 62.7 Å². The minimum absolute atomic E-state index is 0.102. The van der Waals surface area contributed by atoms with Crippen LogP contribution in [0.2, 0.25) is 0 Å². The molecule has 2 fully saturated rings. The maximum atomic E-state index is 13.0. The van der Waals surface area contributed by atoms with Crippen molar-refractivity contribution in [2.45, 2.75) is 51.4 Å². The predicted octanol–water partition coefficient (Wildman–Crippen LogP) is 2.45. The molecule has 2 saturated heterocycles. The van der Waals surface area contributed by atoms with E-state index in [2.05, 4.69) is 11.1 Å². The lowest BCUT2D eigenvalue weighted by atomic mass is 9.92. The van der Waals surface area contributed by atoms with Gasteiger partial charge in [-0.3, -0.25) is 14.6 Å². The summed E-state index contributed by atoms with van der Waals surface area (Å²) in [6.07, 6.45) is 9.78. The number of aryl methyl sites for hydroxylation is 2. The first-order valence-corrected chi connectivity index (χ1v) is 10.8. The molecule has 2 amide bonds. The van der Waals surface area contributed by atoms with Crippen molar-refractivity contribution >= 4 is 11.8 Å². The van der Waals surface area contributed by atoms with Crippen molar-refractivity contribution in [3.8, 4) is 0 Å². The van der Waals surface area contributed by atoms with E-state index in [9.17, 15) is 9.59 Å². The molecule has 1 aromatic heterocycles. The van der Waals surface area contributed by atoms with E-state index in [1.807, 2.05) is 9.80 Å². The number of morpholine rings is 1. The third kappa shape index (κ3) is 4.54. The molecule has 0 N–H and O–H groups in total. The molecule has 0 spiro atoms. The number of rotatable bonds is 4. The molecule has 6 nitrogen and oxygen atoms in total. The molecule has 1 atom stereocenters. The van der Waals surface area contributed by atoms with Crippen LogP contribution in [0.25, 0.3) is 0 Å². The monoisotopic (exact) mass is 385 g/mol. The van der Waals surface area contributed by atoms with Crippen molar-refractivity contribution in [1.29, 1.82) is 0 Å². The van der Waals surface area contributed by atoms with Gasteiger partial charge in [0.2, 0.25) is 5.91 Å². The van der Waals surface area contributed by atoms with Gasteiger partial charge in [0, 0.05) is 44.5 Å². The van der Waals surface area contributed by atoms with Gasteiger partial charge in [0.25, 0.3) is 5.91 Å². The number of carbonyl (C=O) groups excluding carboxylic acids is 2. The van der Waals surface area contributed by atoms with Crippen molar-refractivity contribution in [1.82, 2.24) is 14.8 Å². The van der Waals surface area contributed by atoms with Crippen LogP contribution < -0.4 is 0 Å². The van der Waals surface area contributed by atoms with Gasteiger partial charge in [0.1, 0.15) is 0 Å². The lowest BCUT2D eigenvalue weighted by Crippen LogP contribution is -2.42. The Bertz CT molecular complexity index is 715. The maximum Gasteiger partial charge on any atom is 0.255 e. The first-order chi connectivity index (χ1) is 13.7. The van der Waals surface area contributed by atoms with Crippen LogP contribution >= 0.6 is 0 Å². The van der Waals surface area contributed by atoms with Gasteiger partial charge in [0.15, 0.2) is 0 Å². The number of likely N-dealkylation sites (tertiary alicyclic amines) is 1. The van der Waals surface area contributed by atoms with E-state index in [0.29, 0.717) is 38.6 Å². The first-order valence-electron chi connectivity index (χ1n) is 10.8. The lowest BCUT2D eigenvalue weighted by molar-refractivity contribution is -0.135. The van der Waals surface area contributed by atoms with Crippen LogP contribution in [0.15, 0.2) is 12.3 Å². The number of nitrogens with zero attached hydrogens (tertiary/aromatic N) is 3. The molecule has 0 aromatic carbocycles. The predicted molar refractivity (Wildman–Crippen MR) is 106 cm³/mol. The van der Waals surface area contributed by atoms with Gasteiger partial charge in [-0.2, -0.15) is 0 Å². The number of piperidine rings is 1. The summed E-state index contributed by atoms with van der Waals surface area (Å²) in [6, 6.07) is 2.06. The summed E-state index contributed by atoms with van der Waals surface area (Å²) in [4.78, 5) is 33.8. The Kier molecular flexibility index (Phi) is 6.25. The van der Waals surface area contributed by atoms with Gasteiger partial charge < -0.3 is 14.5 Å². The van der Waals surface area contributed by atoms with Crippen LogP contribution in [0.5, 0.6) is 0 Å². The Morgan fingerprint density at radius 3 is 2.75 bits per heavy atom. The smallest absolute Gasteiger partial charge is 0.255 e. The van der Waals surface area contributed by atoms with Crippen molar-refractivity contribution in [3.63, 3.8) is 0 Å². The van der Waals surface area contributed by atoms with Crippen LogP contribution in [0.4, 0.5) is 0 Å². The van der Waals surface area contributed by atoms with E-state index in [0.717, 1.165) is 50.8 Å². The molecule has 28 heavy (non-hydrogen) atoms. The number of aromatic nitrogens is 1. The second-order valence-corrected chi connectivity index (χ2v) is 8.33. The molecule has 1 aromatic rings. The fourth-order valence-corrected chi connectivity index (χ4v) is 4.67. The van der Waals surface area contributed by atoms with Crippen LogP contribution in [0.3, 0.4) is 0 Å². The van der Waals surface area contributed by atoms with E-state index in [4.69, 9.17) is 4.74 Å². The number of pyridine rings is 1. The summed E-state index contributed by atoms with van der Waals surface area (Å²) in [7, 11) is 0. The molecule has 4 rings (SSSR count). The Balaban J connectivity index is 1.31. The SMILES string of the molecule is O=C(CCC1CCCN(C(=O)c2cnc3c(c2)CCCC3)C1)N1CCOCC1. The molecule has 1 unspecified atom stereocenters. The van der Waals surface area contributed by atoms with Crippen molar-refractivity contribution in [2.75, 3.05) is 39.4 Å². The normalized spacial score (nSPS) is 22.6. The number of fused-ring (bicyclic) bond motifs is 1. The molecule has 3 heterocycles. The summed E-state index contributed by atoms with van der Waals surface area (Å²) in [5, 5.41) is 0. The summed E-state index contributed by atoms with van der Waals surface area (Å²) in [5.41, 5.74) is 3.15. The molecule has 152 valence electrons. The zero-order valence-corrected chi connectivity index (χ0v) is 16.7. The van der Waals surface area contributed by atoms with Gasteiger partial charge in [-0.05, 0) is 62.5 Å². The molecular weight excluding hydrogens is 354 g/mol. The van der Waals surface area contributed by atoms with Crippen molar-refractivity contribution < 1.29 is 14.3 Å². The molecule has 2 aliphatic heterocycles. The summed E-state index contributed by atoms with van der Waals surface area (Å²) < 4.78 is 5.32. The number of hydrogen-bond donors (Lipinski definition) is 0. The average molecular weight is 386 g/mol. The van der Waals surface area contributed by atoms with E-state index in [-0.39, 0.29) is 11.8 Å². The zero-order valence-electron chi connectivity index (χ0n) is 16.7. The molecule has 0 bridgehead atoms. The van der Waals surface area contributed by atoms with Crippen LogP contribution in [0, 0.1) is 5.92 Å². The molecular formula is C22H31N3O3. The fourth-order valence-electron chi connectivity index (χ4n) is 4.67. The quantitative estimate of drug-likeness (QED) is 0.799. The average Bonchev–Trinajstić information content (AvgIpc) is 2.77. The minimum atomic E-state index is 0.102. The Labute approximate surface area is 167 Å². The Morgan fingerprint density at radius 1 is 1.07 bits per heavy atom. The minimum Gasteiger partial charge on any atom is -0.378 e. The number of carbonyl (C=O) groups is 2. The standard InChI is InChI=1S/C22H31N3O3/c26-21(24-10-12-28-13-11-24)8-7-17-4-3-9-25(16-17)22(27)19-14-18-5-1-2-6-20(18)23-15-19/h14-15,17H,1-13,16H2. The lowest BCUT2D eigenvalue weighted by Gasteiger charge is -2.33. The third-order valence-corrected chi connectivity index (χ3v) is 6.35. The summed E-state index contributed by atoms with van der Waals surface area (Å²) >= 11 is 0. The van der Waals surface area contributed by atoms with E-state index in [1.165, 1.54) is 24.1 Å². The fraction of sp³-hybridized carbons (Fsp3) is 0.682. The first kappa shape index (κ1) is 19.4. The molecule has 3 aliphatic rings. The van der Waals surface area contributed by atoms with Gasteiger partial charge >= 0.3 is 0 Å². The number of ether oxygens (including phenoxy) is 1. The Morgan fingerprint density at radius 2 is 1.89 bits per heavy atom. The van der Waals surface area contributed by atoms with E-state index < -0.39 is 0 Å². The van der Waals surface area contributed by atoms with Crippen LogP contribution in [-0.4, -0.2) is 66.0 Å². The molecule has 0 saturated carbocycles. The number of amides is 2. The largest absolute Gasteiger partial charge is 0.378 e. The van der Waals surface area contributed by atoms with Gasteiger partial charge in [-0.15, -0.1) is 0 Å². The molecule has 0 radical (unpaired) electrons. The van der Waals surface area contributed by atoms with Gasteiger partial charge in [-0.1, -0.05) is 0 Å².